The van der Waals surface area contributed by atoms with Crippen molar-refractivity contribution < 1.29 is 14.4 Å². The second-order valence-electron chi connectivity index (χ2n) is 6.64. The predicted molar refractivity (Wildman–Crippen MR) is 97.1 cm³/mol. The molecule has 136 valence electrons. The van der Waals surface area contributed by atoms with Gasteiger partial charge in [-0.15, -0.1) is 6.42 Å². The third kappa shape index (κ3) is 3.36. The number of para-hydroxylation sites is 1. The summed E-state index contributed by atoms with van der Waals surface area (Å²) in [5.41, 5.74) is 0.662. The summed E-state index contributed by atoms with van der Waals surface area (Å²) in [6.45, 7) is 2.17. The van der Waals surface area contributed by atoms with Crippen molar-refractivity contribution in [1.82, 2.24) is 15.5 Å². The van der Waals surface area contributed by atoms with E-state index in [1.54, 1.807) is 17.9 Å². The van der Waals surface area contributed by atoms with Gasteiger partial charge in [-0.2, -0.15) is 0 Å². The lowest BCUT2D eigenvalue weighted by Crippen LogP contribution is -2.58. The minimum absolute atomic E-state index is 0.111. The van der Waals surface area contributed by atoms with Crippen LogP contribution < -0.4 is 16.0 Å². The molecule has 2 aliphatic heterocycles. The summed E-state index contributed by atoms with van der Waals surface area (Å²) >= 11 is 0. The Labute approximate surface area is 152 Å². The van der Waals surface area contributed by atoms with Crippen molar-refractivity contribution in [3.63, 3.8) is 0 Å². The Morgan fingerprint density at radius 3 is 2.88 bits per heavy atom. The molecule has 2 heterocycles. The van der Waals surface area contributed by atoms with Crippen LogP contribution in [0.15, 0.2) is 24.3 Å². The molecular weight excluding hydrogens is 332 g/mol. The summed E-state index contributed by atoms with van der Waals surface area (Å²) in [4.78, 5) is 38.7. The third-order valence-electron chi connectivity index (χ3n) is 4.98. The monoisotopic (exact) mass is 354 g/mol. The maximum atomic E-state index is 12.6. The van der Waals surface area contributed by atoms with Gasteiger partial charge in [-0.1, -0.05) is 18.1 Å². The fourth-order valence-corrected chi connectivity index (χ4v) is 3.48. The van der Waals surface area contributed by atoms with E-state index in [-0.39, 0.29) is 30.7 Å². The maximum absolute atomic E-state index is 12.6. The van der Waals surface area contributed by atoms with Crippen LogP contribution in [0.3, 0.4) is 0 Å². The summed E-state index contributed by atoms with van der Waals surface area (Å²) in [5.74, 6) is 1.80. The van der Waals surface area contributed by atoms with Crippen molar-refractivity contribution in [2.24, 2.45) is 0 Å². The van der Waals surface area contributed by atoms with E-state index in [0.717, 1.165) is 5.69 Å². The van der Waals surface area contributed by atoms with Crippen LogP contribution in [0.5, 0.6) is 0 Å². The Kier molecular flexibility index (Phi) is 4.85. The normalized spacial score (nSPS) is 23.2. The number of hydrogen-bond acceptors (Lipinski definition) is 4. The second-order valence-corrected chi connectivity index (χ2v) is 6.64. The lowest BCUT2D eigenvalue weighted by atomic mass is 9.95. The molecule has 0 unspecified atom stereocenters. The van der Waals surface area contributed by atoms with Gasteiger partial charge in [0.15, 0.2) is 0 Å². The van der Waals surface area contributed by atoms with Crippen LogP contribution in [0.2, 0.25) is 0 Å². The highest BCUT2D eigenvalue weighted by Crippen LogP contribution is 2.31. The van der Waals surface area contributed by atoms with E-state index >= 15 is 0 Å². The fraction of sp³-hybridized carbons (Fsp3) is 0.421. The maximum Gasteiger partial charge on any atom is 0.255 e. The fourth-order valence-electron chi connectivity index (χ4n) is 3.48. The minimum Gasteiger partial charge on any atom is -0.362 e. The first-order valence-electron chi connectivity index (χ1n) is 8.66. The quantitative estimate of drug-likeness (QED) is 0.697. The van der Waals surface area contributed by atoms with Crippen LogP contribution in [0.4, 0.5) is 5.69 Å². The summed E-state index contributed by atoms with van der Waals surface area (Å²) in [7, 11) is 0. The van der Waals surface area contributed by atoms with Crippen molar-refractivity contribution in [2.45, 2.75) is 37.9 Å². The Bertz CT molecular complexity index is 785. The zero-order valence-corrected chi connectivity index (χ0v) is 14.7. The highest BCUT2D eigenvalue weighted by atomic mass is 16.2. The molecule has 0 saturated carbocycles. The van der Waals surface area contributed by atoms with Gasteiger partial charge in [0, 0.05) is 25.1 Å². The number of fused-ring (bicyclic) bond motifs is 1. The van der Waals surface area contributed by atoms with Crippen LogP contribution in [0.1, 0.15) is 36.5 Å². The van der Waals surface area contributed by atoms with Crippen LogP contribution >= 0.6 is 0 Å². The van der Waals surface area contributed by atoms with E-state index in [1.807, 2.05) is 18.2 Å². The number of terminal acetylenes is 1. The Morgan fingerprint density at radius 2 is 2.12 bits per heavy atom. The van der Waals surface area contributed by atoms with Crippen molar-refractivity contribution in [3.8, 4) is 12.3 Å². The average Bonchev–Trinajstić information content (AvgIpc) is 2.79. The molecule has 1 spiro atoms. The summed E-state index contributed by atoms with van der Waals surface area (Å²) in [5, 5.41) is 9.01. The van der Waals surface area contributed by atoms with E-state index in [0.29, 0.717) is 24.9 Å². The minimum atomic E-state index is -0.690. The molecule has 0 aliphatic carbocycles. The molecule has 1 aromatic carbocycles. The van der Waals surface area contributed by atoms with Crippen LogP contribution in [0, 0.1) is 12.3 Å². The topological polar surface area (TPSA) is 90.5 Å². The third-order valence-corrected chi connectivity index (χ3v) is 4.98. The van der Waals surface area contributed by atoms with Crippen molar-refractivity contribution >= 4 is 23.4 Å². The Balaban J connectivity index is 1.76. The molecule has 0 radical (unpaired) electrons. The molecular formula is C19H22N4O3. The highest BCUT2D eigenvalue weighted by molar-refractivity contribution is 6.02. The average molecular weight is 354 g/mol. The number of nitrogens with one attached hydrogen (secondary N) is 3. The lowest BCUT2D eigenvalue weighted by Gasteiger charge is -2.40. The number of carbonyl (C=O) groups excluding carboxylic acids is 3. The number of anilines is 1. The first-order valence-corrected chi connectivity index (χ1v) is 8.66. The number of hydrogen-bond donors (Lipinski definition) is 3. The lowest BCUT2D eigenvalue weighted by molar-refractivity contribution is -0.139. The second kappa shape index (κ2) is 7.08. The molecule has 3 amide bonds. The first kappa shape index (κ1) is 17.8. The smallest absolute Gasteiger partial charge is 0.255 e. The molecule has 1 saturated heterocycles. The number of likely N-dealkylation sites (tertiary alicyclic amines) is 1. The number of carbonyl (C=O) groups is 3. The summed E-state index contributed by atoms with van der Waals surface area (Å²) in [6.07, 6.45) is 6.36. The van der Waals surface area contributed by atoms with Crippen LogP contribution in [-0.4, -0.2) is 47.4 Å². The number of benzene rings is 1. The van der Waals surface area contributed by atoms with Crippen molar-refractivity contribution in [1.29, 1.82) is 0 Å². The molecule has 1 fully saturated rings. The molecule has 3 N–H and O–H groups in total. The molecule has 2 atom stereocenters. The standard InChI is InChI=1S/C19H22N4O3/c1-3-11-20-17(25)13(2)23-12-10-19(9-8-16(23)24)21-15-7-5-4-6-14(15)18(26)22-19/h1,4-7,13,21H,8-12H2,2H3,(H,20,25)(H,22,26)/t13-,19-/m1/s1. The summed E-state index contributed by atoms with van der Waals surface area (Å²) < 4.78 is 0. The van der Waals surface area contributed by atoms with Crippen LogP contribution in [0.25, 0.3) is 0 Å². The van der Waals surface area contributed by atoms with Crippen LogP contribution in [-0.2, 0) is 9.59 Å². The molecule has 0 bridgehead atoms. The molecule has 3 rings (SSSR count). The number of nitrogens with zero attached hydrogens (tertiary/aromatic N) is 1. The summed E-state index contributed by atoms with van der Waals surface area (Å²) in [6, 6.07) is 6.68. The molecule has 2 aliphatic rings. The SMILES string of the molecule is C#CCNC(=O)[C@@H](C)N1CC[C@@]2(CCC1=O)NC(=O)c1ccccc1N2. The van der Waals surface area contributed by atoms with Gasteiger partial charge in [0.25, 0.3) is 5.91 Å². The predicted octanol–water partition coefficient (Wildman–Crippen LogP) is 0.689. The zero-order chi connectivity index (χ0) is 18.7. The van der Waals surface area contributed by atoms with Gasteiger partial charge < -0.3 is 20.9 Å². The number of rotatable bonds is 3. The van der Waals surface area contributed by atoms with Crippen molar-refractivity contribution in [3.05, 3.63) is 29.8 Å². The van der Waals surface area contributed by atoms with Gasteiger partial charge in [-0.05, 0) is 25.5 Å². The van der Waals surface area contributed by atoms with Gasteiger partial charge in [0.05, 0.1) is 12.1 Å². The van der Waals surface area contributed by atoms with Gasteiger partial charge in [-0.3, -0.25) is 14.4 Å². The number of amides is 3. The Hall–Kier alpha value is -3.01. The van der Waals surface area contributed by atoms with Gasteiger partial charge in [0.1, 0.15) is 11.7 Å². The van der Waals surface area contributed by atoms with E-state index in [2.05, 4.69) is 21.9 Å². The highest BCUT2D eigenvalue weighted by Gasteiger charge is 2.41. The largest absolute Gasteiger partial charge is 0.362 e. The molecule has 7 heteroatoms. The van der Waals surface area contributed by atoms with E-state index in [9.17, 15) is 14.4 Å². The van der Waals surface area contributed by atoms with Gasteiger partial charge in [-0.25, -0.2) is 0 Å². The van der Waals surface area contributed by atoms with Crippen molar-refractivity contribution in [2.75, 3.05) is 18.4 Å². The van der Waals surface area contributed by atoms with E-state index in [1.165, 1.54) is 0 Å². The first-order chi connectivity index (χ1) is 12.5. The van der Waals surface area contributed by atoms with Gasteiger partial charge in [0.2, 0.25) is 11.8 Å². The molecule has 0 aromatic heterocycles. The van der Waals surface area contributed by atoms with E-state index < -0.39 is 11.7 Å². The Morgan fingerprint density at radius 1 is 1.35 bits per heavy atom. The molecule has 1 aromatic rings. The van der Waals surface area contributed by atoms with Gasteiger partial charge >= 0.3 is 0 Å². The molecule has 26 heavy (non-hydrogen) atoms. The molecule has 7 nitrogen and oxygen atoms in total. The zero-order valence-electron chi connectivity index (χ0n) is 14.7. The van der Waals surface area contributed by atoms with E-state index in [4.69, 9.17) is 6.42 Å².